The minimum absolute atomic E-state index is 0.228. The van der Waals surface area contributed by atoms with Crippen molar-refractivity contribution in [1.29, 1.82) is 0 Å². The average Bonchev–Trinajstić information content (AvgIpc) is 2.48. The van der Waals surface area contributed by atoms with Crippen molar-refractivity contribution in [2.24, 2.45) is 0 Å². The fraction of sp³-hybridized carbons (Fsp3) is 0.412. The van der Waals surface area contributed by atoms with Crippen molar-refractivity contribution < 1.29 is 4.39 Å². The molecule has 0 saturated heterocycles. The van der Waals surface area contributed by atoms with E-state index in [1.54, 1.807) is 12.1 Å². The molecule has 1 heterocycles. The van der Waals surface area contributed by atoms with Crippen molar-refractivity contribution in [3.8, 4) is 11.3 Å². The highest BCUT2D eigenvalue weighted by Gasteiger charge is 2.18. The second-order valence-electron chi connectivity index (χ2n) is 5.82. The van der Waals surface area contributed by atoms with E-state index >= 15 is 0 Å². The quantitative estimate of drug-likeness (QED) is 0.770. The summed E-state index contributed by atoms with van der Waals surface area (Å²) >= 11 is 0. The molecular formula is C17H23FN3P. The van der Waals surface area contributed by atoms with E-state index < -0.39 is 0 Å². The zero-order valence-corrected chi connectivity index (χ0v) is 14.8. The zero-order chi connectivity index (χ0) is 16.3. The van der Waals surface area contributed by atoms with Crippen molar-refractivity contribution in [2.45, 2.75) is 25.9 Å². The predicted octanol–water partition coefficient (Wildman–Crippen LogP) is 4.28. The van der Waals surface area contributed by atoms with Crippen LogP contribution in [0.2, 0.25) is 0 Å². The van der Waals surface area contributed by atoms with E-state index in [9.17, 15) is 4.39 Å². The third-order valence-electron chi connectivity index (χ3n) is 3.45. The van der Waals surface area contributed by atoms with Crippen LogP contribution in [0.5, 0.6) is 0 Å². The van der Waals surface area contributed by atoms with Crippen molar-refractivity contribution in [3.63, 3.8) is 0 Å². The van der Waals surface area contributed by atoms with Crippen molar-refractivity contribution in [2.75, 3.05) is 25.7 Å². The van der Waals surface area contributed by atoms with Crippen molar-refractivity contribution in [1.82, 2.24) is 9.97 Å². The lowest BCUT2D eigenvalue weighted by Crippen LogP contribution is -2.16. The lowest BCUT2D eigenvalue weighted by Gasteiger charge is -2.20. The molecule has 118 valence electrons. The van der Waals surface area contributed by atoms with E-state index in [1.807, 2.05) is 19.0 Å². The third kappa shape index (κ3) is 3.61. The fourth-order valence-corrected chi connectivity index (χ4v) is 3.07. The van der Waals surface area contributed by atoms with Crippen LogP contribution in [0.3, 0.4) is 0 Å². The highest BCUT2D eigenvalue weighted by atomic mass is 31.1. The molecule has 0 aliphatic heterocycles. The summed E-state index contributed by atoms with van der Waals surface area (Å²) < 4.78 is 13.2. The number of nitrogens with zero attached hydrogens (tertiary/aromatic N) is 3. The molecule has 1 unspecified atom stereocenters. The Labute approximate surface area is 133 Å². The first-order chi connectivity index (χ1) is 10.4. The summed E-state index contributed by atoms with van der Waals surface area (Å²) in [6.45, 7) is 6.48. The molecule has 1 aromatic heterocycles. The highest BCUT2D eigenvalue weighted by Crippen LogP contribution is 2.33. The standard InChI is InChI=1S/C17H23FN3P/c1-11(2)15-14(10-22-5)16(20-17(19-15)21(3)4)12-6-8-13(18)9-7-12/h6-9,11,22H,10H2,1-5H3. The normalized spacial score (nSPS) is 11.6. The molecule has 0 N–H and O–H groups in total. The minimum atomic E-state index is -0.228. The van der Waals surface area contributed by atoms with E-state index in [0.29, 0.717) is 11.9 Å². The smallest absolute Gasteiger partial charge is 0.225 e. The molecule has 0 fully saturated rings. The van der Waals surface area contributed by atoms with E-state index in [2.05, 4.69) is 20.5 Å². The number of hydrogen-bond acceptors (Lipinski definition) is 3. The minimum Gasteiger partial charge on any atom is -0.347 e. The van der Waals surface area contributed by atoms with Crippen LogP contribution in [0.4, 0.5) is 10.3 Å². The molecule has 1 atom stereocenters. The van der Waals surface area contributed by atoms with Crippen LogP contribution in [-0.2, 0) is 6.16 Å². The summed E-state index contributed by atoms with van der Waals surface area (Å²) in [4.78, 5) is 11.4. The Morgan fingerprint density at radius 2 is 1.77 bits per heavy atom. The van der Waals surface area contributed by atoms with Crippen LogP contribution >= 0.6 is 8.58 Å². The second-order valence-corrected chi connectivity index (χ2v) is 6.88. The largest absolute Gasteiger partial charge is 0.347 e. The van der Waals surface area contributed by atoms with Gasteiger partial charge in [-0.15, -0.1) is 8.58 Å². The summed E-state index contributed by atoms with van der Waals surface area (Å²) in [6.07, 6.45) is 0.952. The molecule has 1 aromatic carbocycles. The SMILES string of the molecule is CPCc1c(-c2ccc(F)cc2)nc(N(C)C)nc1C(C)C. The molecule has 0 aliphatic carbocycles. The molecule has 0 bridgehead atoms. The second kappa shape index (κ2) is 7.15. The predicted molar refractivity (Wildman–Crippen MR) is 93.8 cm³/mol. The molecule has 2 aromatic rings. The van der Waals surface area contributed by atoms with Crippen LogP contribution in [-0.4, -0.2) is 30.7 Å². The van der Waals surface area contributed by atoms with Gasteiger partial charge in [-0.25, -0.2) is 14.4 Å². The molecule has 0 saturated carbocycles. The Bertz CT molecular complexity index is 639. The first kappa shape index (κ1) is 16.8. The fourth-order valence-electron chi connectivity index (χ4n) is 2.36. The van der Waals surface area contributed by atoms with Crippen LogP contribution in [0.25, 0.3) is 11.3 Å². The van der Waals surface area contributed by atoms with E-state index in [1.165, 1.54) is 17.7 Å². The third-order valence-corrected chi connectivity index (χ3v) is 4.15. The van der Waals surface area contributed by atoms with E-state index in [4.69, 9.17) is 9.97 Å². The Morgan fingerprint density at radius 3 is 2.27 bits per heavy atom. The zero-order valence-electron chi connectivity index (χ0n) is 13.8. The van der Waals surface area contributed by atoms with Gasteiger partial charge in [0.2, 0.25) is 5.95 Å². The first-order valence-corrected chi connectivity index (χ1v) is 9.13. The summed E-state index contributed by atoms with van der Waals surface area (Å²) in [5.41, 5.74) is 4.15. The Hall–Kier alpha value is -1.54. The summed E-state index contributed by atoms with van der Waals surface area (Å²) in [5.74, 6) is 0.798. The summed E-state index contributed by atoms with van der Waals surface area (Å²) in [6, 6.07) is 6.56. The molecule has 0 radical (unpaired) electrons. The van der Waals surface area contributed by atoms with Crippen LogP contribution in [0.1, 0.15) is 31.0 Å². The van der Waals surface area contributed by atoms with Gasteiger partial charge in [-0.2, -0.15) is 0 Å². The maximum atomic E-state index is 13.2. The van der Waals surface area contributed by atoms with Crippen LogP contribution in [0, 0.1) is 5.82 Å². The molecule has 0 aliphatic rings. The Balaban J connectivity index is 2.69. The number of rotatable bonds is 5. The topological polar surface area (TPSA) is 29.0 Å². The van der Waals surface area contributed by atoms with Crippen LogP contribution < -0.4 is 4.90 Å². The summed E-state index contributed by atoms with van der Waals surface area (Å²) in [5, 5.41) is 0. The maximum absolute atomic E-state index is 13.2. The van der Waals surface area contributed by atoms with Gasteiger partial charge in [0.05, 0.1) is 11.4 Å². The lowest BCUT2D eigenvalue weighted by atomic mass is 9.99. The lowest BCUT2D eigenvalue weighted by molar-refractivity contribution is 0.628. The number of hydrogen-bond donors (Lipinski definition) is 0. The van der Waals surface area contributed by atoms with Crippen molar-refractivity contribution in [3.05, 3.63) is 41.3 Å². The Morgan fingerprint density at radius 1 is 1.14 bits per heavy atom. The number of aromatic nitrogens is 2. The maximum Gasteiger partial charge on any atom is 0.225 e. The molecule has 22 heavy (non-hydrogen) atoms. The first-order valence-electron chi connectivity index (χ1n) is 7.42. The van der Waals surface area contributed by atoms with Gasteiger partial charge in [-0.05, 0) is 43.0 Å². The van der Waals surface area contributed by atoms with Gasteiger partial charge in [-0.3, -0.25) is 0 Å². The number of benzene rings is 1. The van der Waals surface area contributed by atoms with Gasteiger partial charge in [0.1, 0.15) is 5.82 Å². The molecule has 2 rings (SSSR count). The number of halogens is 1. The highest BCUT2D eigenvalue weighted by molar-refractivity contribution is 7.36. The summed E-state index contributed by atoms with van der Waals surface area (Å²) in [7, 11) is 4.67. The van der Waals surface area contributed by atoms with Gasteiger partial charge in [0, 0.05) is 25.2 Å². The van der Waals surface area contributed by atoms with Gasteiger partial charge < -0.3 is 4.90 Å². The van der Waals surface area contributed by atoms with Gasteiger partial charge in [0.25, 0.3) is 0 Å². The monoisotopic (exact) mass is 319 g/mol. The molecule has 0 spiro atoms. The molecule has 3 nitrogen and oxygen atoms in total. The van der Waals surface area contributed by atoms with Gasteiger partial charge >= 0.3 is 0 Å². The molecular weight excluding hydrogens is 296 g/mol. The van der Waals surface area contributed by atoms with Gasteiger partial charge in [-0.1, -0.05) is 13.8 Å². The van der Waals surface area contributed by atoms with E-state index in [-0.39, 0.29) is 5.82 Å². The average molecular weight is 319 g/mol. The molecule has 5 heteroatoms. The van der Waals surface area contributed by atoms with Crippen LogP contribution in [0.15, 0.2) is 24.3 Å². The number of anilines is 1. The van der Waals surface area contributed by atoms with E-state index in [0.717, 1.165) is 31.7 Å². The Kier molecular flexibility index (Phi) is 5.47. The van der Waals surface area contributed by atoms with Crippen molar-refractivity contribution >= 4 is 14.5 Å². The van der Waals surface area contributed by atoms with Gasteiger partial charge in [0.15, 0.2) is 0 Å². The molecule has 0 amide bonds.